The summed E-state index contributed by atoms with van der Waals surface area (Å²) in [5.41, 5.74) is 5.60. The van der Waals surface area contributed by atoms with Gasteiger partial charge in [-0.3, -0.25) is 25.2 Å². The molecule has 0 unspecified atom stereocenters. The number of amides is 1. The van der Waals surface area contributed by atoms with Crippen LogP contribution in [0.25, 0.3) is 22.6 Å². The number of nitrogen functional groups attached to an aromatic ring is 1. The molecule has 0 aromatic carbocycles. The summed E-state index contributed by atoms with van der Waals surface area (Å²) >= 11 is 0. The summed E-state index contributed by atoms with van der Waals surface area (Å²) < 4.78 is 6.56. The van der Waals surface area contributed by atoms with Crippen molar-refractivity contribution in [1.82, 2.24) is 29.7 Å². The van der Waals surface area contributed by atoms with Crippen LogP contribution in [-0.2, 0) is 4.79 Å². The average Bonchev–Trinajstić information content (AvgIpc) is 3.32. The number of methoxy groups -OCH3 is 1. The number of pyridine rings is 2. The van der Waals surface area contributed by atoms with E-state index in [0.29, 0.717) is 18.2 Å². The topological polar surface area (TPSA) is 129 Å². The zero-order chi connectivity index (χ0) is 26.0. The lowest BCUT2D eigenvalue weighted by Gasteiger charge is -2.32. The molecule has 36 heavy (non-hydrogen) atoms. The first-order valence-electron chi connectivity index (χ1n) is 12.3. The largest absolute Gasteiger partial charge is 0.493 e. The van der Waals surface area contributed by atoms with E-state index in [0.717, 1.165) is 54.1 Å². The van der Waals surface area contributed by atoms with E-state index in [9.17, 15) is 4.79 Å². The van der Waals surface area contributed by atoms with Crippen LogP contribution in [0.4, 0.5) is 0 Å². The normalized spacial score (nSPS) is 14.8. The third kappa shape index (κ3) is 5.13. The van der Waals surface area contributed by atoms with Crippen LogP contribution in [0.1, 0.15) is 49.7 Å². The maximum absolute atomic E-state index is 12.0. The fourth-order valence-electron chi connectivity index (χ4n) is 4.75. The first-order valence-corrected chi connectivity index (χ1v) is 12.3. The molecule has 3 aromatic rings. The van der Waals surface area contributed by atoms with Crippen molar-refractivity contribution in [3.63, 3.8) is 0 Å². The Morgan fingerprint density at radius 3 is 2.61 bits per heavy atom. The smallest absolute Gasteiger partial charge is 0.236 e. The number of H-pyrrole nitrogens is 1. The number of nitrogens with one attached hydrogen (secondary N) is 2. The number of nitrogens with zero attached hydrogens (tertiary/aromatic N) is 5. The summed E-state index contributed by atoms with van der Waals surface area (Å²) in [4.78, 5) is 20.7. The van der Waals surface area contributed by atoms with Gasteiger partial charge < -0.3 is 15.5 Å². The Bertz CT molecular complexity index is 1270. The third-order valence-electron chi connectivity index (χ3n) is 6.89. The van der Waals surface area contributed by atoms with Crippen molar-refractivity contribution < 1.29 is 9.53 Å². The predicted molar refractivity (Wildman–Crippen MR) is 139 cm³/mol. The van der Waals surface area contributed by atoms with Crippen molar-refractivity contribution in [3.8, 4) is 28.4 Å². The van der Waals surface area contributed by atoms with Crippen LogP contribution < -0.4 is 16.1 Å². The van der Waals surface area contributed by atoms with Crippen molar-refractivity contribution in [2.75, 3.05) is 46.7 Å². The van der Waals surface area contributed by atoms with E-state index in [4.69, 9.17) is 21.0 Å². The van der Waals surface area contributed by atoms with Crippen LogP contribution >= 0.6 is 0 Å². The molecule has 0 spiro atoms. The van der Waals surface area contributed by atoms with Gasteiger partial charge >= 0.3 is 0 Å². The second-order valence-corrected chi connectivity index (χ2v) is 9.88. The molecule has 1 amide bonds. The van der Waals surface area contributed by atoms with Crippen molar-refractivity contribution >= 4 is 5.91 Å². The van der Waals surface area contributed by atoms with Crippen LogP contribution in [0, 0.1) is 5.41 Å². The van der Waals surface area contributed by atoms with Crippen LogP contribution in [0.3, 0.4) is 0 Å². The van der Waals surface area contributed by atoms with Gasteiger partial charge in [-0.15, -0.1) is 0 Å². The highest BCUT2D eigenvalue weighted by Gasteiger charge is 2.24. The fourth-order valence-corrected chi connectivity index (χ4v) is 4.75. The molecule has 4 heterocycles. The summed E-state index contributed by atoms with van der Waals surface area (Å²) in [5, 5.41) is 15.8. The van der Waals surface area contributed by atoms with Gasteiger partial charge in [-0.25, -0.2) is 4.68 Å². The second-order valence-electron chi connectivity index (χ2n) is 9.88. The molecule has 10 heteroatoms. The molecule has 0 atom stereocenters. The summed E-state index contributed by atoms with van der Waals surface area (Å²) in [6.07, 6.45) is 5.68. The molecule has 1 saturated heterocycles. The van der Waals surface area contributed by atoms with E-state index < -0.39 is 0 Å². The minimum absolute atomic E-state index is 0.0931. The molecule has 0 aliphatic carbocycles. The van der Waals surface area contributed by atoms with Crippen molar-refractivity contribution in [2.45, 2.75) is 38.5 Å². The van der Waals surface area contributed by atoms with E-state index in [1.165, 1.54) is 17.3 Å². The zero-order valence-electron chi connectivity index (χ0n) is 21.7. The molecule has 1 aliphatic heterocycles. The van der Waals surface area contributed by atoms with Gasteiger partial charge in [-0.1, -0.05) is 19.9 Å². The van der Waals surface area contributed by atoms with Gasteiger partial charge in [-0.2, -0.15) is 5.10 Å². The number of rotatable bonds is 7. The maximum Gasteiger partial charge on any atom is 0.236 e. The molecule has 1 aliphatic rings. The van der Waals surface area contributed by atoms with Gasteiger partial charge in [0.05, 0.1) is 30.7 Å². The van der Waals surface area contributed by atoms with E-state index >= 15 is 0 Å². The lowest BCUT2D eigenvalue weighted by Crippen LogP contribution is -2.40. The number of ether oxygens (including phenoxy) is 1. The standard InChI is InChI=1S/C26H36N8O2/c1-16(2)23-24(19-12-21(36-5)26(27)34(28)14-19)30-31-25(23)20-7-6-18(13-29-20)17-8-10-33(11-9-17)15-22(35)32(3)4/h6-7,12-14,16-17,27H,8-11,15,28H2,1-5H3,(H,30,31). The number of carbonyl (C=O) groups is 1. The highest BCUT2D eigenvalue weighted by atomic mass is 16.5. The second kappa shape index (κ2) is 10.5. The monoisotopic (exact) mass is 492 g/mol. The van der Waals surface area contributed by atoms with Gasteiger partial charge in [0.25, 0.3) is 0 Å². The molecule has 192 valence electrons. The zero-order valence-corrected chi connectivity index (χ0v) is 21.7. The Labute approximate surface area is 211 Å². The van der Waals surface area contributed by atoms with E-state index in [1.54, 1.807) is 31.3 Å². The Morgan fingerprint density at radius 2 is 2.03 bits per heavy atom. The summed E-state index contributed by atoms with van der Waals surface area (Å²) in [5.74, 6) is 7.14. The molecular formula is C26H36N8O2. The predicted octanol–water partition coefficient (Wildman–Crippen LogP) is 2.53. The minimum atomic E-state index is 0.0931. The SMILES string of the molecule is COc1cc(-c2n[nH]c(-c3ccc(C4CCN(CC(=O)N(C)C)CC4)cn3)c2C(C)C)cn(N)c1=N. The highest BCUT2D eigenvalue weighted by Crippen LogP contribution is 2.36. The number of aromatic amines is 1. The summed E-state index contributed by atoms with van der Waals surface area (Å²) in [6.45, 7) is 6.54. The van der Waals surface area contributed by atoms with Gasteiger partial charge in [0.15, 0.2) is 11.2 Å². The molecule has 10 nitrogen and oxygen atoms in total. The highest BCUT2D eigenvalue weighted by molar-refractivity contribution is 5.77. The lowest BCUT2D eigenvalue weighted by atomic mass is 9.90. The van der Waals surface area contributed by atoms with Gasteiger partial charge in [-0.05, 0) is 55.5 Å². The lowest BCUT2D eigenvalue weighted by molar-refractivity contribution is -0.130. The Morgan fingerprint density at radius 1 is 1.31 bits per heavy atom. The summed E-state index contributed by atoms with van der Waals surface area (Å²) in [7, 11) is 5.12. The molecule has 1 fully saturated rings. The van der Waals surface area contributed by atoms with E-state index in [-0.39, 0.29) is 17.3 Å². The number of nitrogens with two attached hydrogens (primary N) is 1. The molecule has 4 N–H and O–H groups in total. The number of hydrogen-bond donors (Lipinski definition) is 3. The Kier molecular flexibility index (Phi) is 7.44. The van der Waals surface area contributed by atoms with Crippen molar-refractivity contribution in [1.29, 1.82) is 5.41 Å². The van der Waals surface area contributed by atoms with E-state index in [1.807, 2.05) is 6.20 Å². The fraction of sp³-hybridized carbons (Fsp3) is 0.462. The van der Waals surface area contributed by atoms with Crippen molar-refractivity contribution in [2.24, 2.45) is 0 Å². The third-order valence-corrected chi connectivity index (χ3v) is 6.89. The van der Waals surface area contributed by atoms with Gasteiger partial charge in [0.1, 0.15) is 0 Å². The molecule has 0 radical (unpaired) electrons. The van der Waals surface area contributed by atoms with Crippen LogP contribution in [0.2, 0.25) is 0 Å². The van der Waals surface area contributed by atoms with Crippen LogP contribution in [0.15, 0.2) is 30.6 Å². The number of carbonyl (C=O) groups excluding carboxylic acids is 1. The number of hydrogen-bond acceptors (Lipinski definition) is 7. The minimum Gasteiger partial charge on any atom is -0.493 e. The molecule has 4 rings (SSSR count). The Balaban J connectivity index is 1.54. The first kappa shape index (κ1) is 25.4. The maximum atomic E-state index is 12.0. The average molecular weight is 493 g/mol. The van der Waals surface area contributed by atoms with Gasteiger partial charge in [0, 0.05) is 37.6 Å². The van der Waals surface area contributed by atoms with Crippen LogP contribution in [-0.4, -0.2) is 76.4 Å². The number of aromatic nitrogens is 4. The molecule has 0 saturated carbocycles. The van der Waals surface area contributed by atoms with Crippen molar-refractivity contribution in [3.05, 3.63) is 47.2 Å². The summed E-state index contributed by atoms with van der Waals surface area (Å²) in [6, 6.07) is 5.99. The quantitative estimate of drug-likeness (QED) is 0.435. The number of piperidine rings is 1. The van der Waals surface area contributed by atoms with Crippen LogP contribution in [0.5, 0.6) is 5.75 Å². The first-order chi connectivity index (χ1) is 17.2. The molecule has 3 aromatic heterocycles. The number of likely N-dealkylation sites (tertiary alicyclic amines) is 1. The number of likely N-dealkylation sites (N-methyl/N-ethyl adjacent to an activating group) is 1. The molecule has 0 bridgehead atoms. The van der Waals surface area contributed by atoms with E-state index in [2.05, 4.69) is 41.1 Å². The van der Waals surface area contributed by atoms with Gasteiger partial charge in [0.2, 0.25) is 5.91 Å². The Hall–Kier alpha value is -3.66. The molecular weight excluding hydrogens is 456 g/mol.